The summed E-state index contributed by atoms with van der Waals surface area (Å²) in [6, 6.07) is 20.6. The van der Waals surface area contributed by atoms with E-state index in [0.29, 0.717) is 50.4 Å². The zero-order chi connectivity index (χ0) is 24.9. The highest BCUT2D eigenvalue weighted by molar-refractivity contribution is 5.84. The van der Waals surface area contributed by atoms with Crippen LogP contribution in [0.15, 0.2) is 66.7 Å². The van der Waals surface area contributed by atoms with Gasteiger partial charge in [-0.2, -0.15) is 4.98 Å². The Morgan fingerprint density at radius 2 is 1.49 bits per heavy atom. The van der Waals surface area contributed by atoms with Gasteiger partial charge in [0.15, 0.2) is 0 Å². The molecule has 0 aliphatic heterocycles. The summed E-state index contributed by atoms with van der Waals surface area (Å²) in [5.74, 6) is 2.93. The number of carbonyl (C=O) groups is 1. The second-order valence-corrected chi connectivity index (χ2v) is 8.59. The molecular formula is C27H35N5O3. The second kappa shape index (κ2) is 13.8. The van der Waals surface area contributed by atoms with Crippen LogP contribution < -0.4 is 25.4 Å². The molecule has 0 unspecified atom stereocenters. The number of nitrogens with one attached hydrogen (secondary N) is 3. The van der Waals surface area contributed by atoms with E-state index in [0.717, 1.165) is 17.2 Å². The van der Waals surface area contributed by atoms with Crippen molar-refractivity contribution in [2.75, 3.05) is 36.9 Å². The Morgan fingerprint density at radius 3 is 2.09 bits per heavy atom. The fourth-order valence-corrected chi connectivity index (χ4v) is 3.43. The standard InChI is InChI=1S/C27H35N5O3/c1-20(2)18-24(26(33)28-14-16-34-22-10-6-4-7-11-22)31-25-19-21(3)30-27(32-25)29-15-17-35-23-12-8-5-9-13-23/h4-13,19-20,24H,14-18H2,1-3H3,(H,28,33)(H2,29,30,31,32)/t24-/m0/s1. The van der Waals surface area contributed by atoms with Gasteiger partial charge in [0.05, 0.1) is 13.1 Å². The summed E-state index contributed by atoms with van der Waals surface area (Å²) in [7, 11) is 0. The van der Waals surface area contributed by atoms with Crippen molar-refractivity contribution in [2.24, 2.45) is 5.92 Å². The minimum absolute atomic E-state index is 0.0857. The molecule has 0 aliphatic carbocycles. The van der Waals surface area contributed by atoms with E-state index in [1.54, 1.807) is 0 Å². The highest BCUT2D eigenvalue weighted by atomic mass is 16.5. The predicted molar refractivity (Wildman–Crippen MR) is 139 cm³/mol. The maximum atomic E-state index is 12.9. The quantitative estimate of drug-likeness (QED) is 0.298. The third-order valence-corrected chi connectivity index (χ3v) is 5.01. The Labute approximate surface area is 207 Å². The van der Waals surface area contributed by atoms with Crippen LogP contribution in [0.5, 0.6) is 11.5 Å². The fourth-order valence-electron chi connectivity index (χ4n) is 3.43. The summed E-state index contributed by atoms with van der Waals surface area (Å²) >= 11 is 0. The average Bonchev–Trinajstić information content (AvgIpc) is 2.85. The predicted octanol–water partition coefficient (Wildman–Crippen LogP) is 4.30. The van der Waals surface area contributed by atoms with Crippen molar-refractivity contribution in [3.05, 3.63) is 72.4 Å². The van der Waals surface area contributed by atoms with Crippen molar-refractivity contribution in [1.82, 2.24) is 15.3 Å². The first kappa shape index (κ1) is 25.8. The van der Waals surface area contributed by atoms with Gasteiger partial charge in [0, 0.05) is 11.8 Å². The largest absolute Gasteiger partial charge is 0.492 e. The minimum atomic E-state index is -0.421. The van der Waals surface area contributed by atoms with Crippen molar-refractivity contribution in [3.63, 3.8) is 0 Å². The number of benzene rings is 2. The Bertz CT molecular complexity index is 1030. The van der Waals surface area contributed by atoms with Crippen LogP contribution in [-0.2, 0) is 4.79 Å². The molecule has 35 heavy (non-hydrogen) atoms. The van der Waals surface area contributed by atoms with Crippen LogP contribution in [0.3, 0.4) is 0 Å². The van der Waals surface area contributed by atoms with E-state index in [1.165, 1.54) is 0 Å². The number of ether oxygens (including phenoxy) is 2. The van der Waals surface area contributed by atoms with Gasteiger partial charge in [-0.1, -0.05) is 50.2 Å². The lowest BCUT2D eigenvalue weighted by molar-refractivity contribution is -0.122. The molecule has 2 aromatic carbocycles. The van der Waals surface area contributed by atoms with Crippen LogP contribution in [0.25, 0.3) is 0 Å². The number of rotatable bonds is 14. The van der Waals surface area contributed by atoms with Gasteiger partial charge in [-0.05, 0) is 43.5 Å². The molecule has 1 heterocycles. The van der Waals surface area contributed by atoms with Gasteiger partial charge in [0.25, 0.3) is 0 Å². The number of para-hydroxylation sites is 2. The maximum Gasteiger partial charge on any atom is 0.242 e. The van der Waals surface area contributed by atoms with Crippen LogP contribution in [0.1, 0.15) is 26.0 Å². The molecule has 0 radical (unpaired) electrons. The number of amides is 1. The lowest BCUT2D eigenvalue weighted by Crippen LogP contribution is -2.42. The Balaban J connectivity index is 1.51. The molecule has 0 spiro atoms. The van der Waals surface area contributed by atoms with Gasteiger partial charge < -0.3 is 25.4 Å². The monoisotopic (exact) mass is 477 g/mol. The smallest absolute Gasteiger partial charge is 0.242 e. The van der Waals surface area contributed by atoms with Crippen LogP contribution in [-0.4, -0.2) is 48.2 Å². The van der Waals surface area contributed by atoms with Crippen molar-refractivity contribution in [2.45, 2.75) is 33.2 Å². The van der Waals surface area contributed by atoms with Gasteiger partial charge in [-0.3, -0.25) is 4.79 Å². The zero-order valence-electron chi connectivity index (χ0n) is 20.7. The summed E-state index contributed by atoms with van der Waals surface area (Å²) < 4.78 is 11.4. The molecule has 1 aromatic heterocycles. The van der Waals surface area contributed by atoms with E-state index >= 15 is 0 Å². The molecule has 3 rings (SSSR count). The van der Waals surface area contributed by atoms with Crippen LogP contribution >= 0.6 is 0 Å². The number of anilines is 2. The van der Waals surface area contributed by atoms with Gasteiger partial charge in [0.1, 0.15) is 36.6 Å². The summed E-state index contributed by atoms with van der Waals surface area (Å²) in [5.41, 5.74) is 0.800. The first-order valence-corrected chi connectivity index (χ1v) is 12.0. The van der Waals surface area contributed by atoms with Crippen molar-refractivity contribution < 1.29 is 14.3 Å². The first-order chi connectivity index (χ1) is 17.0. The number of carbonyl (C=O) groups excluding carboxylic acids is 1. The van der Waals surface area contributed by atoms with Crippen molar-refractivity contribution in [1.29, 1.82) is 0 Å². The number of aryl methyl sites for hydroxylation is 1. The van der Waals surface area contributed by atoms with E-state index < -0.39 is 6.04 Å². The molecule has 0 saturated carbocycles. The highest BCUT2D eigenvalue weighted by Crippen LogP contribution is 2.15. The van der Waals surface area contributed by atoms with Gasteiger partial charge in [-0.15, -0.1) is 0 Å². The molecule has 0 bridgehead atoms. The van der Waals surface area contributed by atoms with Crippen molar-refractivity contribution in [3.8, 4) is 11.5 Å². The van der Waals surface area contributed by atoms with Gasteiger partial charge in [0.2, 0.25) is 11.9 Å². The Morgan fingerprint density at radius 1 is 0.886 bits per heavy atom. The Kier molecular flexibility index (Phi) is 10.2. The van der Waals surface area contributed by atoms with Crippen LogP contribution in [0.4, 0.5) is 11.8 Å². The zero-order valence-corrected chi connectivity index (χ0v) is 20.7. The molecule has 3 N–H and O–H groups in total. The topological polar surface area (TPSA) is 97.4 Å². The fraction of sp³-hybridized carbons (Fsp3) is 0.370. The highest BCUT2D eigenvalue weighted by Gasteiger charge is 2.20. The molecule has 0 fully saturated rings. The molecule has 0 aliphatic rings. The lowest BCUT2D eigenvalue weighted by Gasteiger charge is -2.21. The Hall–Kier alpha value is -3.81. The van der Waals surface area contributed by atoms with E-state index in [2.05, 4.69) is 39.8 Å². The third kappa shape index (κ3) is 9.52. The summed E-state index contributed by atoms with van der Waals surface area (Å²) in [4.78, 5) is 21.9. The number of aromatic nitrogens is 2. The summed E-state index contributed by atoms with van der Waals surface area (Å²) in [6.45, 7) is 7.92. The van der Waals surface area contributed by atoms with Gasteiger partial charge in [-0.25, -0.2) is 4.98 Å². The number of hydrogen-bond acceptors (Lipinski definition) is 7. The molecular weight excluding hydrogens is 442 g/mol. The van der Waals surface area contributed by atoms with Crippen molar-refractivity contribution >= 4 is 17.7 Å². The van der Waals surface area contributed by atoms with Crippen LogP contribution in [0.2, 0.25) is 0 Å². The lowest BCUT2D eigenvalue weighted by atomic mass is 10.0. The molecule has 1 atom stereocenters. The number of nitrogens with zero attached hydrogens (tertiary/aromatic N) is 2. The number of hydrogen-bond donors (Lipinski definition) is 3. The summed E-state index contributed by atoms with van der Waals surface area (Å²) in [5, 5.41) is 9.45. The molecule has 0 saturated heterocycles. The maximum absolute atomic E-state index is 12.9. The van der Waals surface area contributed by atoms with E-state index in [-0.39, 0.29) is 5.91 Å². The normalized spacial score (nSPS) is 11.5. The van der Waals surface area contributed by atoms with E-state index in [9.17, 15) is 4.79 Å². The molecule has 1 amide bonds. The molecule has 8 heteroatoms. The third-order valence-electron chi connectivity index (χ3n) is 5.01. The van der Waals surface area contributed by atoms with Gasteiger partial charge >= 0.3 is 0 Å². The first-order valence-electron chi connectivity index (χ1n) is 12.0. The SMILES string of the molecule is Cc1cc(N[C@@H](CC(C)C)C(=O)NCCOc2ccccc2)nc(NCCOc2ccccc2)n1. The van der Waals surface area contributed by atoms with Crippen LogP contribution in [0, 0.1) is 12.8 Å². The average molecular weight is 478 g/mol. The summed E-state index contributed by atoms with van der Waals surface area (Å²) in [6.07, 6.45) is 0.669. The second-order valence-electron chi connectivity index (χ2n) is 8.59. The minimum Gasteiger partial charge on any atom is -0.492 e. The molecule has 8 nitrogen and oxygen atoms in total. The van der Waals surface area contributed by atoms with E-state index in [4.69, 9.17) is 9.47 Å². The molecule has 186 valence electrons. The van der Waals surface area contributed by atoms with E-state index in [1.807, 2.05) is 73.7 Å². The molecule has 3 aromatic rings.